The van der Waals surface area contributed by atoms with Gasteiger partial charge in [-0.3, -0.25) is 4.18 Å². The van der Waals surface area contributed by atoms with Crippen LogP contribution in [-0.4, -0.2) is 44.2 Å². The summed E-state index contributed by atoms with van der Waals surface area (Å²) >= 11 is 0. The molecule has 1 saturated heterocycles. The monoisotopic (exact) mass is 409 g/mol. The number of likely N-dealkylation sites (tertiary alicyclic amines) is 1. The normalized spacial score (nSPS) is 17.0. The second-order valence-corrected chi connectivity index (χ2v) is 8.81. The first-order chi connectivity index (χ1) is 12.3. The topological polar surface area (TPSA) is 72.9 Å². The van der Waals surface area contributed by atoms with Crippen LogP contribution in [-0.2, 0) is 25.2 Å². The summed E-state index contributed by atoms with van der Waals surface area (Å²) in [4.78, 5) is 13.1. The van der Waals surface area contributed by atoms with Crippen molar-refractivity contribution in [2.45, 2.75) is 56.4 Å². The van der Waals surface area contributed by atoms with Crippen LogP contribution in [0.3, 0.4) is 0 Å². The van der Waals surface area contributed by atoms with Gasteiger partial charge in [-0.2, -0.15) is 21.6 Å². The fourth-order valence-electron chi connectivity index (χ4n) is 2.51. The highest BCUT2D eigenvalue weighted by molar-refractivity contribution is 7.86. The minimum absolute atomic E-state index is 0.266. The highest BCUT2D eigenvalue weighted by atomic mass is 32.2. The molecule has 0 aliphatic carbocycles. The van der Waals surface area contributed by atoms with E-state index in [1.165, 1.54) is 4.90 Å². The lowest BCUT2D eigenvalue weighted by Crippen LogP contribution is -2.43. The molecule has 0 N–H and O–H groups in total. The van der Waals surface area contributed by atoms with Crippen LogP contribution >= 0.6 is 0 Å². The number of alkyl halides is 3. The maximum Gasteiger partial charge on any atom is 0.416 e. The average Bonchev–Trinajstić information content (AvgIpc) is 2.53. The summed E-state index contributed by atoms with van der Waals surface area (Å²) in [5.41, 5.74) is -1.57. The molecule has 0 unspecified atom stereocenters. The molecule has 0 aromatic heterocycles. The predicted octanol–water partition coefficient (Wildman–Crippen LogP) is 3.81. The molecule has 1 aromatic carbocycles. The van der Waals surface area contributed by atoms with Crippen LogP contribution in [0, 0.1) is 0 Å². The molecule has 1 aliphatic heterocycles. The predicted molar refractivity (Wildman–Crippen MR) is 90.5 cm³/mol. The van der Waals surface area contributed by atoms with Gasteiger partial charge in [-0.05, 0) is 57.9 Å². The molecule has 10 heteroatoms. The van der Waals surface area contributed by atoms with E-state index in [4.69, 9.17) is 8.92 Å². The Bertz CT molecular complexity index is 761. The standard InChI is InChI=1S/C17H22F3NO5S/c1-16(2,3)25-15(22)21-10-8-13(9-11-21)26-27(23,24)14-6-4-12(5-7-14)17(18,19)20/h4-7,13H,8-11H2,1-3H3. The van der Waals surface area contributed by atoms with Crippen LogP contribution < -0.4 is 0 Å². The van der Waals surface area contributed by atoms with Crippen molar-refractivity contribution in [3.63, 3.8) is 0 Å². The molecule has 27 heavy (non-hydrogen) atoms. The maximum atomic E-state index is 12.6. The number of piperidine rings is 1. The maximum absolute atomic E-state index is 12.6. The van der Waals surface area contributed by atoms with Gasteiger partial charge in [-0.1, -0.05) is 0 Å². The zero-order chi connectivity index (χ0) is 20.5. The Morgan fingerprint density at radius 2 is 1.59 bits per heavy atom. The number of nitrogens with zero attached hydrogens (tertiary/aromatic N) is 1. The van der Waals surface area contributed by atoms with E-state index < -0.39 is 39.7 Å². The number of carbonyl (C=O) groups excluding carboxylic acids is 1. The van der Waals surface area contributed by atoms with E-state index in [9.17, 15) is 26.4 Å². The fraction of sp³-hybridized carbons (Fsp3) is 0.588. The van der Waals surface area contributed by atoms with Crippen LogP contribution in [0.2, 0.25) is 0 Å². The minimum atomic E-state index is -4.54. The summed E-state index contributed by atoms with van der Waals surface area (Å²) < 4.78 is 72.6. The lowest BCUT2D eigenvalue weighted by atomic mass is 10.1. The second-order valence-electron chi connectivity index (χ2n) is 7.24. The molecular weight excluding hydrogens is 387 g/mol. The summed E-state index contributed by atoms with van der Waals surface area (Å²) in [6, 6.07) is 3.13. The Hall–Kier alpha value is -1.81. The number of carbonyl (C=O) groups is 1. The van der Waals surface area contributed by atoms with E-state index in [1.54, 1.807) is 20.8 Å². The highest BCUT2D eigenvalue weighted by Crippen LogP contribution is 2.30. The first kappa shape index (κ1) is 21.5. The zero-order valence-corrected chi connectivity index (χ0v) is 16.1. The van der Waals surface area contributed by atoms with Gasteiger partial charge in [0.25, 0.3) is 10.1 Å². The van der Waals surface area contributed by atoms with Gasteiger partial charge in [0.05, 0.1) is 16.6 Å². The van der Waals surface area contributed by atoms with Crippen LogP contribution in [0.1, 0.15) is 39.2 Å². The quantitative estimate of drug-likeness (QED) is 0.710. The van der Waals surface area contributed by atoms with Crippen molar-refractivity contribution in [3.8, 4) is 0 Å². The van der Waals surface area contributed by atoms with Crippen molar-refractivity contribution >= 4 is 16.2 Å². The van der Waals surface area contributed by atoms with E-state index >= 15 is 0 Å². The smallest absolute Gasteiger partial charge is 0.416 e. The molecule has 0 radical (unpaired) electrons. The third kappa shape index (κ3) is 6.10. The van der Waals surface area contributed by atoms with Gasteiger partial charge < -0.3 is 9.64 Å². The van der Waals surface area contributed by atoms with E-state index in [2.05, 4.69) is 0 Å². The summed E-state index contributed by atoms with van der Waals surface area (Å²) in [6.07, 6.45) is -5.13. The van der Waals surface area contributed by atoms with Gasteiger partial charge in [-0.25, -0.2) is 4.79 Å². The Balaban J connectivity index is 1.95. The first-order valence-electron chi connectivity index (χ1n) is 8.36. The number of hydrogen-bond donors (Lipinski definition) is 0. The molecule has 1 aliphatic rings. The largest absolute Gasteiger partial charge is 0.444 e. The van der Waals surface area contributed by atoms with Crippen molar-refractivity contribution in [1.29, 1.82) is 0 Å². The lowest BCUT2D eigenvalue weighted by molar-refractivity contribution is -0.137. The Kier molecular flexibility index (Phi) is 6.10. The number of hydrogen-bond acceptors (Lipinski definition) is 5. The molecule has 0 saturated carbocycles. The summed E-state index contributed by atoms with van der Waals surface area (Å²) in [5.74, 6) is 0. The van der Waals surface area contributed by atoms with Gasteiger partial charge in [0.15, 0.2) is 0 Å². The van der Waals surface area contributed by atoms with Crippen molar-refractivity contribution in [2.24, 2.45) is 0 Å². The SMILES string of the molecule is CC(C)(C)OC(=O)N1CCC(OS(=O)(=O)c2ccc(C(F)(F)F)cc2)CC1. The molecule has 0 spiro atoms. The Morgan fingerprint density at radius 3 is 2.04 bits per heavy atom. The van der Waals surface area contributed by atoms with Gasteiger partial charge in [0.1, 0.15) is 5.60 Å². The Labute approximate surface area is 156 Å². The zero-order valence-electron chi connectivity index (χ0n) is 15.2. The molecular formula is C17H22F3NO5S. The number of amides is 1. The van der Waals surface area contributed by atoms with E-state index in [0.29, 0.717) is 12.1 Å². The molecule has 1 amide bonds. The van der Waals surface area contributed by atoms with Gasteiger partial charge in [0, 0.05) is 13.1 Å². The van der Waals surface area contributed by atoms with E-state index in [1.807, 2.05) is 0 Å². The highest BCUT2D eigenvalue weighted by Gasteiger charge is 2.32. The van der Waals surface area contributed by atoms with Crippen molar-refractivity contribution in [3.05, 3.63) is 29.8 Å². The summed E-state index contributed by atoms with van der Waals surface area (Å²) in [7, 11) is -4.19. The summed E-state index contributed by atoms with van der Waals surface area (Å²) in [6.45, 7) is 5.77. The van der Waals surface area contributed by atoms with Crippen LogP contribution in [0.5, 0.6) is 0 Å². The van der Waals surface area contributed by atoms with Gasteiger partial charge in [-0.15, -0.1) is 0 Å². The number of ether oxygens (including phenoxy) is 1. The number of halogens is 3. The third-order valence-electron chi connectivity index (χ3n) is 3.83. The molecule has 0 bridgehead atoms. The molecule has 6 nitrogen and oxygen atoms in total. The number of benzene rings is 1. The third-order valence-corrected chi connectivity index (χ3v) is 5.20. The molecule has 1 fully saturated rings. The molecule has 0 atom stereocenters. The molecule has 1 heterocycles. The molecule has 1 aromatic rings. The van der Waals surface area contributed by atoms with Gasteiger partial charge >= 0.3 is 12.3 Å². The minimum Gasteiger partial charge on any atom is -0.444 e. The number of rotatable bonds is 3. The summed E-state index contributed by atoms with van der Waals surface area (Å²) in [5, 5.41) is 0. The Morgan fingerprint density at radius 1 is 1.07 bits per heavy atom. The molecule has 2 rings (SSSR count). The van der Waals surface area contributed by atoms with E-state index in [-0.39, 0.29) is 30.8 Å². The van der Waals surface area contributed by atoms with E-state index in [0.717, 1.165) is 12.1 Å². The van der Waals surface area contributed by atoms with Crippen molar-refractivity contribution in [1.82, 2.24) is 4.90 Å². The van der Waals surface area contributed by atoms with Crippen LogP contribution in [0.15, 0.2) is 29.2 Å². The van der Waals surface area contributed by atoms with Crippen molar-refractivity contribution in [2.75, 3.05) is 13.1 Å². The average molecular weight is 409 g/mol. The van der Waals surface area contributed by atoms with Crippen LogP contribution in [0.25, 0.3) is 0 Å². The second kappa shape index (κ2) is 7.67. The van der Waals surface area contributed by atoms with Crippen LogP contribution in [0.4, 0.5) is 18.0 Å². The van der Waals surface area contributed by atoms with Crippen molar-refractivity contribution < 1.29 is 35.3 Å². The lowest BCUT2D eigenvalue weighted by Gasteiger charge is -2.33. The van der Waals surface area contributed by atoms with Gasteiger partial charge in [0.2, 0.25) is 0 Å². The molecule has 152 valence electrons. The first-order valence-corrected chi connectivity index (χ1v) is 9.77. The fourth-order valence-corrected chi connectivity index (χ4v) is 3.64.